The minimum atomic E-state index is 0.372. The Morgan fingerprint density at radius 2 is 1.27 bits per heavy atom. The average Bonchev–Trinajstić information content (AvgIpc) is 3.52. The van der Waals surface area contributed by atoms with E-state index in [1.165, 1.54) is 38.4 Å². The van der Waals surface area contributed by atoms with Crippen LogP contribution in [0.2, 0.25) is 5.15 Å². The molecule has 0 fully saturated rings. The van der Waals surface area contributed by atoms with E-state index < -0.39 is 0 Å². The largest absolute Gasteiger partial charge is 0.456 e. The first kappa shape index (κ1) is 21.6. The molecule has 1 aliphatic carbocycles. The Labute approximate surface area is 238 Å². The van der Waals surface area contributed by atoms with Gasteiger partial charge in [0, 0.05) is 21.5 Å². The van der Waals surface area contributed by atoms with Gasteiger partial charge in [-0.05, 0) is 81.6 Å². The SMILES string of the molecule is Clc1nc2ccccc2nc1-n1c2ccc3cc(-c4ccccc4)cc4c3c2c2c3c(ccc21)oc1cccc-4c13. The van der Waals surface area contributed by atoms with Gasteiger partial charge in [-0.25, -0.2) is 9.97 Å². The van der Waals surface area contributed by atoms with Crippen LogP contribution in [-0.2, 0) is 0 Å². The van der Waals surface area contributed by atoms with Gasteiger partial charge in [-0.2, -0.15) is 0 Å². The fourth-order valence-corrected chi connectivity index (χ4v) is 7.15. The second-order valence-electron chi connectivity index (χ2n) is 10.7. The van der Waals surface area contributed by atoms with Crippen molar-refractivity contribution < 1.29 is 4.42 Å². The lowest BCUT2D eigenvalue weighted by Gasteiger charge is -2.14. The van der Waals surface area contributed by atoms with E-state index in [1.54, 1.807) is 0 Å². The molecular formula is C36H18ClN3O. The van der Waals surface area contributed by atoms with Crippen molar-refractivity contribution in [2.75, 3.05) is 0 Å². The van der Waals surface area contributed by atoms with Gasteiger partial charge in [0.15, 0.2) is 11.0 Å². The highest BCUT2D eigenvalue weighted by atomic mass is 35.5. The number of para-hydroxylation sites is 2. The van der Waals surface area contributed by atoms with Crippen molar-refractivity contribution in [2.24, 2.45) is 0 Å². The van der Waals surface area contributed by atoms with Crippen molar-refractivity contribution in [3.8, 4) is 28.1 Å². The first-order valence-corrected chi connectivity index (χ1v) is 14.0. The highest BCUT2D eigenvalue weighted by Gasteiger charge is 2.27. The fourth-order valence-electron chi connectivity index (χ4n) is 6.94. The van der Waals surface area contributed by atoms with Gasteiger partial charge in [0.05, 0.1) is 22.1 Å². The van der Waals surface area contributed by atoms with Crippen LogP contribution >= 0.6 is 11.6 Å². The van der Waals surface area contributed by atoms with Gasteiger partial charge in [0.1, 0.15) is 11.2 Å². The van der Waals surface area contributed by atoms with E-state index in [4.69, 9.17) is 26.0 Å². The number of fused-ring (bicyclic) bond motifs is 2. The predicted molar refractivity (Wildman–Crippen MR) is 168 cm³/mol. The fraction of sp³-hybridized carbons (Fsp3) is 0. The maximum absolute atomic E-state index is 6.89. The molecule has 0 radical (unpaired) electrons. The highest BCUT2D eigenvalue weighted by molar-refractivity contribution is 6.38. The summed E-state index contributed by atoms with van der Waals surface area (Å²) in [5.41, 5.74) is 10.2. The summed E-state index contributed by atoms with van der Waals surface area (Å²) in [5.74, 6) is 0.625. The molecule has 5 heteroatoms. The lowest BCUT2D eigenvalue weighted by atomic mass is 9.91. The monoisotopic (exact) mass is 543 g/mol. The molecule has 0 amide bonds. The quantitative estimate of drug-likeness (QED) is 0.218. The van der Waals surface area contributed by atoms with Crippen LogP contribution in [-0.4, -0.2) is 14.5 Å². The summed E-state index contributed by atoms with van der Waals surface area (Å²) in [6, 6.07) is 38.1. The van der Waals surface area contributed by atoms with E-state index in [0.29, 0.717) is 11.0 Å². The van der Waals surface area contributed by atoms with Gasteiger partial charge >= 0.3 is 0 Å². The van der Waals surface area contributed by atoms with Crippen molar-refractivity contribution in [2.45, 2.75) is 0 Å². The molecule has 10 rings (SSSR count). The lowest BCUT2D eigenvalue weighted by molar-refractivity contribution is 0.669. The number of aromatic nitrogens is 3. The molecule has 41 heavy (non-hydrogen) atoms. The Kier molecular flexibility index (Phi) is 3.96. The van der Waals surface area contributed by atoms with Gasteiger partial charge in [-0.15, -0.1) is 0 Å². The molecule has 0 spiro atoms. The molecule has 6 aromatic carbocycles. The van der Waals surface area contributed by atoms with Crippen LogP contribution in [0.1, 0.15) is 0 Å². The van der Waals surface area contributed by atoms with Crippen LogP contribution in [0.15, 0.2) is 114 Å². The standard InChI is InChI=1S/C36H18ClN3O/c37-35-36(39-25-11-5-4-10-24(25)38-35)40-26-14-13-20-17-21(19-7-2-1-3-8-19)18-23-22-9-6-12-28-31(22)34-29(41-28)16-15-27(40)33(34)32(26)30(20)23/h1-18H. The zero-order valence-electron chi connectivity index (χ0n) is 21.5. The molecule has 0 atom stereocenters. The average molecular weight is 544 g/mol. The zero-order chi connectivity index (χ0) is 26.8. The summed E-state index contributed by atoms with van der Waals surface area (Å²) in [7, 11) is 0. The number of furan rings is 1. The van der Waals surface area contributed by atoms with Crippen molar-refractivity contribution >= 4 is 77.2 Å². The third-order valence-corrected chi connectivity index (χ3v) is 8.84. The predicted octanol–water partition coefficient (Wildman–Crippen LogP) is 10.1. The highest BCUT2D eigenvalue weighted by Crippen LogP contribution is 2.51. The minimum absolute atomic E-state index is 0.372. The van der Waals surface area contributed by atoms with E-state index in [-0.39, 0.29) is 0 Å². The number of nitrogens with zero attached hydrogens (tertiary/aromatic N) is 3. The number of hydrogen-bond acceptors (Lipinski definition) is 3. The van der Waals surface area contributed by atoms with E-state index in [2.05, 4.69) is 89.5 Å². The third-order valence-electron chi connectivity index (χ3n) is 8.59. The maximum atomic E-state index is 6.89. The van der Waals surface area contributed by atoms with Crippen LogP contribution in [0.25, 0.3) is 93.6 Å². The van der Waals surface area contributed by atoms with Gasteiger partial charge in [0.25, 0.3) is 0 Å². The molecule has 190 valence electrons. The summed E-state index contributed by atoms with van der Waals surface area (Å²) >= 11 is 6.89. The van der Waals surface area contributed by atoms with Gasteiger partial charge in [-0.3, -0.25) is 4.57 Å². The molecule has 0 saturated carbocycles. The van der Waals surface area contributed by atoms with Crippen LogP contribution < -0.4 is 0 Å². The van der Waals surface area contributed by atoms with Gasteiger partial charge < -0.3 is 4.42 Å². The van der Waals surface area contributed by atoms with Gasteiger partial charge in [-0.1, -0.05) is 72.3 Å². The van der Waals surface area contributed by atoms with E-state index in [0.717, 1.165) is 49.4 Å². The summed E-state index contributed by atoms with van der Waals surface area (Å²) < 4.78 is 8.64. The maximum Gasteiger partial charge on any atom is 0.176 e. The lowest BCUT2D eigenvalue weighted by Crippen LogP contribution is -2.01. The first-order chi connectivity index (χ1) is 20.2. The first-order valence-electron chi connectivity index (χ1n) is 13.6. The topological polar surface area (TPSA) is 43.9 Å². The van der Waals surface area contributed by atoms with E-state index in [9.17, 15) is 0 Å². The Morgan fingerprint density at radius 3 is 2.12 bits per heavy atom. The Balaban J connectivity index is 1.46. The summed E-state index contributed by atoms with van der Waals surface area (Å²) in [4.78, 5) is 9.77. The molecule has 0 unspecified atom stereocenters. The summed E-state index contributed by atoms with van der Waals surface area (Å²) in [5, 5.41) is 7.41. The minimum Gasteiger partial charge on any atom is -0.456 e. The molecule has 1 aliphatic rings. The number of halogens is 1. The number of hydrogen-bond donors (Lipinski definition) is 0. The zero-order valence-corrected chi connectivity index (χ0v) is 22.3. The van der Waals surface area contributed by atoms with E-state index in [1.807, 2.05) is 24.3 Å². The molecule has 4 nitrogen and oxygen atoms in total. The second-order valence-corrected chi connectivity index (χ2v) is 11.1. The van der Waals surface area contributed by atoms with Crippen LogP contribution in [0.4, 0.5) is 0 Å². The third kappa shape index (κ3) is 2.70. The normalized spacial score (nSPS) is 12.5. The number of rotatable bonds is 2. The summed E-state index contributed by atoms with van der Waals surface area (Å²) in [6.45, 7) is 0. The van der Waals surface area contributed by atoms with Crippen LogP contribution in [0, 0.1) is 0 Å². The van der Waals surface area contributed by atoms with Crippen molar-refractivity contribution in [3.63, 3.8) is 0 Å². The molecule has 0 N–H and O–H groups in total. The second kappa shape index (κ2) is 7.51. The van der Waals surface area contributed by atoms with Crippen molar-refractivity contribution in [3.05, 3.63) is 114 Å². The molecule has 0 aliphatic heterocycles. The summed E-state index contributed by atoms with van der Waals surface area (Å²) in [6.07, 6.45) is 0. The van der Waals surface area contributed by atoms with Gasteiger partial charge in [0.2, 0.25) is 0 Å². The molecule has 3 aromatic heterocycles. The Hall–Kier alpha value is -5.19. The van der Waals surface area contributed by atoms with Crippen molar-refractivity contribution in [1.82, 2.24) is 14.5 Å². The molecule has 9 aromatic rings. The Morgan fingerprint density at radius 1 is 0.537 bits per heavy atom. The molecule has 0 bridgehead atoms. The van der Waals surface area contributed by atoms with Crippen LogP contribution in [0.5, 0.6) is 0 Å². The van der Waals surface area contributed by atoms with E-state index >= 15 is 0 Å². The Bertz CT molecular complexity index is 2600. The molecule has 3 heterocycles. The number of benzene rings is 6. The molecular weight excluding hydrogens is 526 g/mol. The molecule has 0 saturated heterocycles. The van der Waals surface area contributed by atoms with Crippen molar-refractivity contribution in [1.29, 1.82) is 0 Å². The smallest absolute Gasteiger partial charge is 0.176 e. The van der Waals surface area contributed by atoms with Crippen LogP contribution in [0.3, 0.4) is 0 Å².